The van der Waals surface area contributed by atoms with Crippen LogP contribution in [0.3, 0.4) is 0 Å². The van der Waals surface area contributed by atoms with Gasteiger partial charge in [0.25, 0.3) is 0 Å². The third-order valence-corrected chi connectivity index (χ3v) is 3.54. The van der Waals surface area contributed by atoms with Gasteiger partial charge in [-0.3, -0.25) is 0 Å². The summed E-state index contributed by atoms with van der Waals surface area (Å²) in [6.45, 7) is 4.19. The van der Waals surface area contributed by atoms with Crippen molar-refractivity contribution in [2.45, 2.75) is 20.3 Å². The Labute approximate surface area is 114 Å². The van der Waals surface area contributed by atoms with Crippen LogP contribution in [0.25, 0.3) is 10.8 Å². The number of nitriles is 1. The number of fused-ring (bicyclic) bond motifs is 1. The summed E-state index contributed by atoms with van der Waals surface area (Å²) >= 11 is 0. The number of nitrogens with zero attached hydrogens (tertiary/aromatic N) is 1. The van der Waals surface area contributed by atoms with Crippen molar-refractivity contribution in [2.75, 3.05) is 7.11 Å². The molecule has 0 aliphatic carbocycles. The standard InChI is InChI=1S/C17H19NO/c1-12(2)16(11-18)9-13-4-5-15-10-17(19-3)7-6-14(15)8-13/h4-8,10,12,16H,9H2,1-3H3. The lowest BCUT2D eigenvalue weighted by Gasteiger charge is -2.13. The topological polar surface area (TPSA) is 33.0 Å². The van der Waals surface area contributed by atoms with Crippen molar-refractivity contribution >= 4 is 10.8 Å². The van der Waals surface area contributed by atoms with E-state index in [0.717, 1.165) is 12.2 Å². The van der Waals surface area contributed by atoms with Crippen LogP contribution in [0.1, 0.15) is 19.4 Å². The van der Waals surface area contributed by atoms with Crippen LogP contribution >= 0.6 is 0 Å². The molecule has 2 rings (SSSR count). The highest BCUT2D eigenvalue weighted by Gasteiger charge is 2.13. The lowest BCUT2D eigenvalue weighted by atomic mass is 9.90. The summed E-state index contributed by atoms with van der Waals surface area (Å²) in [5.74, 6) is 1.34. The van der Waals surface area contributed by atoms with Gasteiger partial charge in [-0.05, 0) is 40.8 Å². The first-order valence-corrected chi connectivity index (χ1v) is 6.60. The summed E-state index contributed by atoms with van der Waals surface area (Å²) in [7, 11) is 1.68. The van der Waals surface area contributed by atoms with E-state index in [4.69, 9.17) is 4.74 Å². The highest BCUT2D eigenvalue weighted by molar-refractivity contribution is 5.84. The molecule has 1 atom stereocenters. The SMILES string of the molecule is COc1ccc2cc(CC(C#N)C(C)C)ccc2c1. The monoisotopic (exact) mass is 253 g/mol. The first-order valence-electron chi connectivity index (χ1n) is 6.60. The number of hydrogen-bond acceptors (Lipinski definition) is 2. The predicted molar refractivity (Wildman–Crippen MR) is 78.1 cm³/mol. The molecule has 98 valence electrons. The van der Waals surface area contributed by atoms with E-state index >= 15 is 0 Å². The van der Waals surface area contributed by atoms with Crippen molar-refractivity contribution in [3.05, 3.63) is 42.0 Å². The molecule has 1 unspecified atom stereocenters. The molecular formula is C17H19NO. The Morgan fingerprint density at radius 1 is 1.11 bits per heavy atom. The molecule has 0 amide bonds. The van der Waals surface area contributed by atoms with Crippen molar-refractivity contribution in [3.8, 4) is 11.8 Å². The van der Waals surface area contributed by atoms with Crippen LogP contribution in [0.2, 0.25) is 0 Å². The second-order valence-corrected chi connectivity index (χ2v) is 5.23. The third kappa shape index (κ3) is 3.06. The Morgan fingerprint density at radius 2 is 1.79 bits per heavy atom. The van der Waals surface area contributed by atoms with E-state index in [0.29, 0.717) is 5.92 Å². The zero-order valence-corrected chi connectivity index (χ0v) is 11.7. The summed E-state index contributed by atoms with van der Waals surface area (Å²) in [5, 5.41) is 11.5. The molecule has 0 aliphatic rings. The number of hydrogen-bond donors (Lipinski definition) is 0. The molecule has 2 aromatic rings. The van der Waals surface area contributed by atoms with Gasteiger partial charge in [0.05, 0.1) is 19.1 Å². The van der Waals surface area contributed by atoms with Crippen LogP contribution in [0.5, 0.6) is 5.75 Å². The summed E-state index contributed by atoms with van der Waals surface area (Å²) in [5.41, 5.74) is 1.22. The van der Waals surface area contributed by atoms with Crippen molar-refractivity contribution in [1.82, 2.24) is 0 Å². The van der Waals surface area contributed by atoms with E-state index in [2.05, 4.69) is 44.2 Å². The molecule has 0 fully saturated rings. The molecule has 19 heavy (non-hydrogen) atoms. The quantitative estimate of drug-likeness (QED) is 0.818. The first-order chi connectivity index (χ1) is 9.13. The second-order valence-electron chi connectivity index (χ2n) is 5.23. The van der Waals surface area contributed by atoms with Gasteiger partial charge in [-0.15, -0.1) is 0 Å². The normalized spacial score (nSPS) is 12.4. The van der Waals surface area contributed by atoms with E-state index < -0.39 is 0 Å². The summed E-state index contributed by atoms with van der Waals surface area (Å²) in [4.78, 5) is 0. The Kier molecular flexibility index (Phi) is 4.06. The zero-order valence-electron chi connectivity index (χ0n) is 11.7. The fourth-order valence-corrected chi connectivity index (χ4v) is 2.21. The van der Waals surface area contributed by atoms with Gasteiger partial charge in [0, 0.05) is 0 Å². The molecule has 0 heterocycles. The highest BCUT2D eigenvalue weighted by Crippen LogP contribution is 2.24. The van der Waals surface area contributed by atoms with Crippen LogP contribution in [0, 0.1) is 23.2 Å². The summed E-state index contributed by atoms with van der Waals surface area (Å²) in [6, 6.07) is 14.8. The highest BCUT2D eigenvalue weighted by atomic mass is 16.5. The molecule has 2 nitrogen and oxygen atoms in total. The molecule has 2 heteroatoms. The van der Waals surface area contributed by atoms with E-state index in [1.165, 1.54) is 16.3 Å². The average molecular weight is 253 g/mol. The van der Waals surface area contributed by atoms with E-state index in [1.54, 1.807) is 7.11 Å². The lowest BCUT2D eigenvalue weighted by molar-refractivity contribution is 0.415. The number of rotatable bonds is 4. The van der Waals surface area contributed by atoms with Gasteiger partial charge in [0.2, 0.25) is 0 Å². The average Bonchev–Trinajstić information content (AvgIpc) is 2.43. The molecule has 0 radical (unpaired) electrons. The van der Waals surface area contributed by atoms with Gasteiger partial charge in [0.1, 0.15) is 5.75 Å². The minimum absolute atomic E-state index is 0.0794. The third-order valence-electron chi connectivity index (χ3n) is 3.54. The fraction of sp³-hybridized carbons (Fsp3) is 0.353. The van der Waals surface area contributed by atoms with Gasteiger partial charge < -0.3 is 4.74 Å². The largest absolute Gasteiger partial charge is 0.497 e. The fourth-order valence-electron chi connectivity index (χ4n) is 2.21. The maximum Gasteiger partial charge on any atom is 0.119 e. The van der Waals surface area contributed by atoms with Crippen molar-refractivity contribution in [2.24, 2.45) is 11.8 Å². The Bertz CT molecular complexity index is 610. The van der Waals surface area contributed by atoms with Crippen LogP contribution in [0.4, 0.5) is 0 Å². The molecule has 0 N–H and O–H groups in total. The Hall–Kier alpha value is -2.01. The predicted octanol–water partition coefficient (Wildman–Crippen LogP) is 4.19. The van der Waals surface area contributed by atoms with Crippen LogP contribution in [0.15, 0.2) is 36.4 Å². The smallest absolute Gasteiger partial charge is 0.119 e. The summed E-state index contributed by atoms with van der Waals surface area (Å²) in [6.07, 6.45) is 0.816. The maximum atomic E-state index is 9.17. The van der Waals surface area contributed by atoms with Crippen LogP contribution in [-0.4, -0.2) is 7.11 Å². The van der Waals surface area contributed by atoms with Crippen LogP contribution < -0.4 is 4.74 Å². The molecular weight excluding hydrogens is 234 g/mol. The maximum absolute atomic E-state index is 9.17. The van der Waals surface area contributed by atoms with Crippen molar-refractivity contribution in [1.29, 1.82) is 5.26 Å². The van der Waals surface area contributed by atoms with Gasteiger partial charge in [0.15, 0.2) is 0 Å². The zero-order chi connectivity index (χ0) is 13.8. The van der Waals surface area contributed by atoms with Gasteiger partial charge in [-0.1, -0.05) is 38.1 Å². The van der Waals surface area contributed by atoms with E-state index in [9.17, 15) is 5.26 Å². The van der Waals surface area contributed by atoms with E-state index in [-0.39, 0.29) is 5.92 Å². The van der Waals surface area contributed by atoms with Gasteiger partial charge in [-0.2, -0.15) is 5.26 Å². The first kappa shape index (κ1) is 13.4. The van der Waals surface area contributed by atoms with Gasteiger partial charge in [-0.25, -0.2) is 0 Å². The molecule has 2 aromatic carbocycles. The molecule has 0 saturated carbocycles. The van der Waals surface area contributed by atoms with Crippen molar-refractivity contribution in [3.63, 3.8) is 0 Å². The molecule has 0 bridgehead atoms. The van der Waals surface area contributed by atoms with Gasteiger partial charge >= 0.3 is 0 Å². The lowest BCUT2D eigenvalue weighted by Crippen LogP contribution is -2.09. The number of methoxy groups -OCH3 is 1. The number of ether oxygens (including phenoxy) is 1. The van der Waals surface area contributed by atoms with Crippen LogP contribution in [-0.2, 0) is 6.42 Å². The number of benzene rings is 2. The molecule has 0 spiro atoms. The molecule has 0 saturated heterocycles. The summed E-state index contributed by atoms with van der Waals surface area (Å²) < 4.78 is 5.22. The molecule has 0 aromatic heterocycles. The Balaban J connectivity index is 2.29. The molecule has 0 aliphatic heterocycles. The van der Waals surface area contributed by atoms with Crippen molar-refractivity contribution < 1.29 is 4.74 Å². The second kappa shape index (κ2) is 5.75. The van der Waals surface area contributed by atoms with E-state index in [1.807, 2.05) is 12.1 Å². The minimum atomic E-state index is 0.0794. The minimum Gasteiger partial charge on any atom is -0.497 e. The Morgan fingerprint density at radius 3 is 2.42 bits per heavy atom.